The van der Waals surface area contributed by atoms with Crippen LogP contribution in [0.3, 0.4) is 0 Å². The topological polar surface area (TPSA) is 148 Å². The summed E-state index contributed by atoms with van der Waals surface area (Å²) in [6, 6.07) is 10.6. The summed E-state index contributed by atoms with van der Waals surface area (Å²) in [5, 5.41) is 24.9. The van der Waals surface area contributed by atoms with Crippen molar-refractivity contribution in [2.45, 2.75) is 33.4 Å². The number of hydrogen-bond donors (Lipinski definition) is 4. The van der Waals surface area contributed by atoms with Crippen molar-refractivity contribution in [3.8, 4) is 5.69 Å². The number of aryl methyl sites for hydroxylation is 2. The number of aliphatic hydroxyl groups excluding tert-OH is 2. The SMILES string of the molecule is CC(=O)Nc1cccc(-n2c(=O)n(C[C@H](O)CO)c(=O)c3c(Nc4ccc(C)cc4F)n(C)c(=O)c(C)c32)c1. The maximum atomic E-state index is 14.8. The van der Waals surface area contributed by atoms with E-state index < -0.39 is 41.9 Å². The molecule has 0 unspecified atom stereocenters. The summed E-state index contributed by atoms with van der Waals surface area (Å²) in [5.74, 6) is -1.05. The molecule has 0 aliphatic heterocycles. The zero-order valence-electron chi connectivity index (χ0n) is 21.8. The van der Waals surface area contributed by atoms with Crippen molar-refractivity contribution >= 4 is 34.0 Å². The molecule has 0 radical (unpaired) electrons. The van der Waals surface area contributed by atoms with Crippen LogP contribution in [0, 0.1) is 19.7 Å². The van der Waals surface area contributed by atoms with Gasteiger partial charge in [-0.1, -0.05) is 12.1 Å². The van der Waals surface area contributed by atoms with E-state index in [1.54, 1.807) is 31.2 Å². The Morgan fingerprint density at radius 1 is 1.08 bits per heavy atom. The fraction of sp³-hybridized carbons (Fsp3) is 0.259. The van der Waals surface area contributed by atoms with Crippen molar-refractivity contribution in [2.24, 2.45) is 7.05 Å². The van der Waals surface area contributed by atoms with Crippen LogP contribution < -0.4 is 27.4 Å². The fourth-order valence-electron chi connectivity index (χ4n) is 4.43. The van der Waals surface area contributed by atoms with E-state index in [4.69, 9.17) is 0 Å². The second-order valence-corrected chi connectivity index (χ2v) is 9.27. The molecule has 0 fully saturated rings. The third-order valence-corrected chi connectivity index (χ3v) is 6.30. The lowest BCUT2D eigenvalue weighted by Crippen LogP contribution is -2.44. The number of nitrogens with zero attached hydrogens (tertiary/aromatic N) is 3. The summed E-state index contributed by atoms with van der Waals surface area (Å²) >= 11 is 0. The van der Waals surface area contributed by atoms with E-state index in [1.807, 2.05) is 0 Å². The van der Waals surface area contributed by atoms with Gasteiger partial charge in [0.05, 0.1) is 36.1 Å². The Kier molecular flexibility index (Phi) is 7.52. The summed E-state index contributed by atoms with van der Waals surface area (Å²) in [5.41, 5.74) is -1.02. The molecule has 0 saturated heterocycles. The number of pyridine rings is 1. The van der Waals surface area contributed by atoms with Crippen LogP contribution in [0.1, 0.15) is 18.1 Å². The van der Waals surface area contributed by atoms with Crippen molar-refractivity contribution in [1.29, 1.82) is 0 Å². The monoisotopic (exact) mass is 537 g/mol. The molecule has 2 aromatic heterocycles. The number of amides is 1. The van der Waals surface area contributed by atoms with Crippen LogP contribution >= 0.6 is 0 Å². The molecule has 39 heavy (non-hydrogen) atoms. The first-order chi connectivity index (χ1) is 18.4. The smallest absolute Gasteiger partial charge is 0.336 e. The average Bonchev–Trinajstić information content (AvgIpc) is 2.88. The molecule has 0 aliphatic carbocycles. The number of aromatic nitrogens is 3. The van der Waals surface area contributed by atoms with Crippen molar-refractivity contribution in [3.63, 3.8) is 0 Å². The van der Waals surface area contributed by atoms with E-state index in [9.17, 15) is 33.8 Å². The molecule has 4 rings (SSSR count). The molecule has 0 aliphatic rings. The second kappa shape index (κ2) is 10.7. The molecular formula is C27H28FN5O6. The van der Waals surface area contributed by atoms with Gasteiger partial charge >= 0.3 is 5.69 Å². The fourth-order valence-corrected chi connectivity index (χ4v) is 4.43. The summed E-state index contributed by atoms with van der Waals surface area (Å²) < 4.78 is 17.8. The van der Waals surface area contributed by atoms with Gasteiger partial charge in [0.25, 0.3) is 11.1 Å². The van der Waals surface area contributed by atoms with Gasteiger partial charge in [-0.25, -0.2) is 9.18 Å². The largest absolute Gasteiger partial charge is 0.394 e. The highest BCUT2D eigenvalue weighted by Crippen LogP contribution is 2.27. The third-order valence-electron chi connectivity index (χ3n) is 6.30. The Morgan fingerprint density at radius 2 is 1.79 bits per heavy atom. The molecular weight excluding hydrogens is 509 g/mol. The average molecular weight is 538 g/mol. The Balaban J connectivity index is 2.17. The number of carbonyl (C=O) groups excluding carboxylic acids is 1. The maximum Gasteiger partial charge on any atom is 0.336 e. The van der Waals surface area contributed by atoms with Gasteiger partial charge in [-0.3, -0.25) is 28.1 Å². The minimum absolute atomic E-state index is 0.00694. The molecule has 12 heteroatoms. The maximum absolute atomic E-state index is 14.8. The van der Waals surface area contributed by atoms with E-state index in [0.29, 0.717) is 11.3 Å². The van der Waals surface area contributed by atoms with Gasteiger partial charge in [-0.2, -0.15) is 0 Å². The van der Waals surface area contributed by atoms with E-state index in [2.05, 4.69) is 10.6 Å². The molecule has 0 bridgehead atoms. The summed E-state index contributed by atoms with van der Waals surface area (Å²) in [7, 11) is 1.41. The number of hydrogen-bond acceptors (Lipinski definition) is 7. The van der Waals surface area contributed by atoms with Crippen LogP contribution in [-0.4, -0.2) is 42.5 Å². The first-order valence-electron chi connectivity index (χ1n) is 12.0. The Morgan fingerprint density at radius 3 is 2.44 bits per heavy atom. The first-order valence-corrected chi connectivity index (χ1v) is 12.0. The van der Waals surface area contributed by atoms with Crippen LogP contribution in [-0.2, 0) is 18.4 Å². The Hall–Kier alpha value is -4.55. The molecule has 1 atom stereocenters. The van der Waals surface area contributed by atoms with Crippen LogP contribution in [0.5, 0.6) is 0 Å². The first kappa shape index (κ1) is 27.5. The van der Waals surface area contributed by atoms with Gasteiger partial charge in [0.2, 0.25) is 5.91 Å². The highest BCUT2D eigenvalue weighted by molar-refractivity contribution is 5.94. The Labute approximate surface area is 221 Å². The third kappa shape index (κ3) is 5.11. The zero-order chi connectivity index (χ0) is 28.6. The van der Waals surface area contributed by atoms with E-state index in [-0.39, 0.29) is 39.6 Å². The number of benzene rings is 2. The lowest BCUT2D eigenvalue weighted by molar-refractivity contribution is -0.114. The molecule has 0 saturated carbocycles. The predicted octanol–water partition coefficient (Wildman–Crippen LogP) is 1.66. The molecule has 204 valence electrons. The van der Waals surface area contributed by atoms with E-state index in [0.717, 1.165) is 13.7 Å². The lowest BCUT2D eigenvalue weighted by Gasteiger charge is -2.21. The summed E-state index contributed by atoms with van der Waals surface area (Å²) in [6.07, 6.45) is -1.44. The van der Waals surface area contributed by atoms with Crippen molar-refractivity contribution in [3.05, 3.63) is 90.6 Å². The molecule has 2 heterocycles. The molecule has 1 amide bonds. The van der Waals surface area contributed by atoms with Crippen LogP contribution in [0.25, 0.3) is 16.6 Å². The standard InChI is InChI=1S/C27H28FN5O6/c1-14-8-9-21(20(28)10-14)30-24-22-23(15(2)25(37)31(24)4)33(18-7-5-6-17(11-18)29-16(3)35)27(39)32(26(22)38)12-19(36)13-34/h5-11,19,30,34,36H,12-13H2,1-4H3,(H,29,35)/t19-/m0/s1. The quantitative estimate of drug-likeness (QED) is 0.280. The number of anilines is 3. The van der Waals surface area contributed by atoms with Crippen LogP contribution in [0.2, 0.25) is 0 Å². The minimum atomic E-state index is -1.44. The minimum Gasteiger partial charge on any atom is -0.394 e. The molecule has 4 N–H and O–H groups in total. The molecule has 4 aromatic rings. The number of halogens is 1. The van der Waals surface area contributed by atoms with Crippen LogP contribution in [0.4, 0.5) is 21.6 Å². The van der Waals surface area contributed by atoms with Crippen molar-refractivity contribution < 1.29 is 19.4 Å². The number of nitrogens with one attached hydrogen (secondary N) is 2. The second-order valence-electron chi connectivity index (χ2n) is 9.27. The molecule has 0 spiro atoms. The van der Waals surface area contributed by atoms with E-state index in [1.165, 1.54) is 39.1 Å². The molecule has 2 aromatic carbocycles. The number of carbonyl (C=O) groups is 1. The van der Waals surface area contributed by atoms with Gasteiger partial charge < -0.3 is 20.8 Å². The zero-order valence-corrected chi connectivity index (χ0v) is 21.8. The highest BCUT2D eigenvalue weighted by atomic mass is 19.1. The van der Waals surface area contributed by atoms with Gasteiger partial charge in [0, 0.05) is 25.2 Å². The normalized spacial score (nSPS) is 12.0. The van der Waals surface area contributed by atoms with Gasteiger partial charge in [0.15, 0.2) is 0 Å². The highest BCUT2D eigenvalue weighted by Gasteiger charge is 2.24. The Bertz CT molecular complexity index is 1790. The van der Waals surface area contributed by atoms with Crippen molar-refractivity contribution in [2.75, 3.05) is 17.2 Å². The molecule has 11 nitrogen and oxygen atoms in total. The number of fused-ring (bicyclic) bond motifs is 1. The van der Waals surface area contributed by atoms with Crippen molar-refractivity contribution in [1.82, 2.24) is 13.7 Å². The lowest BCUT2D eigenvalue weighted by atomic mass is 10.1. The van der Waals surface area contributed by atoms with Gasteiger partial charge in [-0.15, -0.1) is 0 Å². The summed E-state index contributed by atoms with van der Waals surface area (Å²) in [4.78, 5) is 52.5. The van der Waals surface area contributed by atoms with E-state index >= 15 is 0 Å². The predicted molar refractivity (Wildman–Crippen MR) is 146 cm³/mol. The number of rotatable bonds is 7. The van der Waals surface area contributed by atoms with Gasteiger partial charge in [-0.05, 0) is 49.7 Å². The van der Waals surface area contributed by atoms with Gasteiger partial charge in [0.1, 0.15) is 17.0 Å². The summed E-state index contributed by atoms with van der Waals surface area (Å²) in [6.45, 7) is 3.23. The number of aliphatic hydroxyl groups is 2. The van der Waals surface area contributed by atoms with Crippen LogP contribution in [0.15, 0.2) is 56.8 Å².